The number of rotatable bonds is 6. The molecular weight excluding hydrogens is 347 g/mol. The first kappa shape index (κ1) is 18.9. The van der Waals surface area contributed by atoms with E-state index in [0.717, 1.165) is 11.8 Å². The minimum Gasteiger partial charge on any atom is -0.384 e. The molecule has 0 atom stereocenters. The van der Waals surface area contributed by atoms with Gasteiger partial charge in [-0.2, -0.15) is 0 Å². The van der Waals surface area contributed by atoms with E-state index < -0.39 is 20.4 Å². The van der Waals surface area contributed by atoms with Gasteiger partial charge in [0.05, 0.1) is 4.92 Å². The summed E-state index contributed by atoms with van der Waals surface area (Å²) >= 11 is 0. The number of halogens is 1. The predicted molar refractivity (Wildman–Crippen MR) is 94.1 cm³/mol. The zero-order chi connectivity index (χ0) is 18.8. The van der Waals surface area contributed by atoms with Crippen LogP contribution in [0.2, 0.25) is 0 Å². The fourth-order valence-electron chi connectivity index (χ4n) is 2.40. The van der Waals surface area contributed by atoms with Crippen molar-refractivity contribution in [2.24, 2.45) is 0 Å². The van der Waals surface area contributed by atoms with Gasteiger partial charge in [0, 0.05) is 30.0 Å². The molecule has 2 rings (SSSR count). The van der Waals surface area contributed by atoms with Gasteiger partial charge in [-0.25, -0.2) is 12.8 Å². The molecule has 8 heteroatoms. The molecule has 0 radical (unpaired) electrons. The molecule has 0 aromatic heterocycles. The monoisotopic (exact) mass is 366 g/mol. The topological polar surface area (TPSA) is 89.3 Å². The molecule has 0 saturated carbocycles. The quantitative estimate of drug-likeness (QED) is 0.624. The number of benzene rings is 2. The third kappa shape index (κ3) is 4.54. The van der Waals surface area contributed by atoms with E-state index in [-0.39, 0.29) is 16.1 Å². The number of nitro groups is 1. The van der Waals surface area contributed by atoms with Crippen LogP contribution in [-0.2, 0) is 15.3 Å². The summed E-state index contributed by atoms with van der Waals surface area (Å²) in [7, 11) is -3.74. The molecule has 0 saturated heterocycles. The van der Waals surface area contributed by atoms with E-state index in [4.69, 9.17) is 0 Å². The lowest BCUT2D eigenvalue weighted by Crippen LogP contribution is -2.27. The van der Waals surface area contributed by atoms with Gasteiger partial charge in [-0.3, -0.25) is 10.1 Å². The second kappa shape index (κ2) is 6.79. The van der Waals surface area contributed by atoms with Crippen LogP contribution in [0, 0.1) is 15.9 Å². The van der Waals surface area contributed by atoms with Crippen molar-refractivity contribution in [2.45, 2.75) is 24.2 Å². The lowest BCUT2D eigenvalue weighted by Gasteiger charge is -2.26. The SMILES string of the molecule is CC(C)(CNc1ccc([N+](=O)[O-])c(S(C)(=O)=O)c1)c1ccc(F)cc1. The number of nitro benzene ring substituents is 1. The van der Waals surface area contributed by atoms with Gasteiger partial charge in [0.2, 0.25) is 0 Å². The van der Waals surface area contributed by atoms with Gasteiger partial charge in [0.25, 0.3) is 5.69 Å². The molecule has 2 aromatic carbocycles. The van der Waals surface area contributed by atoms with Gasteiger partial charge in [-0.05, 0) is 29.8 Å². The van der Waals surface area contributed by atoms with Crippen molar-refractivity contribution in [3.05, 3.63) is 64.0 Å². The van der Waals surface area contributed by atoms with Crippen LogP contribution in [0.15, 0.2) is 47.4 Å². The fraction of sp³-hybridized carbons (Fsp3) is 0.294. The smallest absolute Gasteiger partial charge is 0.288 e. The second-order valence-corrected chi connectivity index (χ2v) is 8.44. The molecule has 134 valence electrons. The number of nitrogens with zero attached hydrogens (tertiary/aromatic N) is 1. The molecule has 0 heterocycles. The molecule has 0 aliphatic carbocycles. The van der Waals surface area contributed by atoms with Gasteiger partial charge >= 0.3 is 0 Å². The lowest BCUT2D eigenvalue weighted by atomic mass is 9.84. The molecule has 25 heavy (non-hydrogen) atoms. The van der Waals surface area contributed by atoms with Crippen LogP contribution in [0.4, 0.5) is 15.8 Å². The third-order valence-electron chi connectivity index (χ3n) is 3.92. The summed E-state index contributed by atoms with van der Waals surface area (Å²) in [5.74, 6) is -0.319. The van der Waals surface area contributed by atoms with Crippen LogP contribution in [0.3, 0.4) is 0 Å². The molecule has 6 nitrogen and oxygen atoms in total. The van der Waals surface area contributed by atoms with Crippen LogP contribution in [0.1, 0.15) is 19.4 Å². The summed E-state index contributed by atoms with van der Waals surface area (Å²) in [5, 5.41) is 14.1. The van der Waals surface area contributed by atoms with E-state index in [0.29, 0.717) is 12.2 Å². The average Bonchev–Trinajstić information content (AvgIpc) is 2.52. The van der Waals surface area contributed by atoms with E-state index in [1.807, 2.05) is 13.8 Å². The lowest BCUT2D eigenvalue weighted by molar-refractivity contribution is -0.387. The Bertz CT molecular complexity index is 893. The molecule has 0 aliphatic rings. The summed E-state index contributed by atoms with van der Waals surface area (Å²) in [6, 6.07) is 10.0. The standard InChI is InChI=1S/C17H19FN2O4S/c1-17(2,12-4-6-13(18)7-5-12)11-19-14-8-9-15(20(21)22)16(10-14)25(3,23)24/h4-10,19H,11H2,1-3H3. The highest BCUT2D eigenvalue weighted by Crippen LogP contribution is 2.29. The van der Waals surface area contributed by atoms with Crippen molar-refractivity contribution in [1.82, 2.24) is 0 Å². The molecule has 1 N–H and O–H groups in total. The first-order chi connectivity index (χ1) is 11.5. The first-order valence-corrected chi connectivity index (χ1v) is 9.38. The van der Waals surface area contributed by atoms with Crippen molar-refractivity contribution in [2.75, 3.05) is 18.1 Å². The molecule has 0 spiro atoms. The van der Waals surface area contributed by atoms with Crippen LogP contribution in [0.5, 0.6) is 0 Å². The Balaban J connectivity index is 2.26. The molecule has 0 bridgehead atoms. The zero-order valence-corrected chi connectivity index (χ0v) is 14.9. The van der Waals surface area contributed by atoms with Crippen molar-refractivity contribution in [3.8, 4) is 0 Å². The molecule has 0 aliphatic heterocycles. The van der Waals surface area contributed by atoms with E-state index in [9.17, 15) is 22.9 Å². The minimum absolute atomic E-state index is 0.319. The normalized spacial score (nSPS) is 12.0. The van der Waals surface area contributed by atoms with Gasteiger partial charge in [-0.1, -0.05) is 26.0 Å². The molecular formula is C17H19FN2O4S. The highest BCUT2D eigenvalue weighted by atomic mass is 32.2. The Morgan fingerprint density at radius 3 is 2.28 bits per heavy atom. The van der Waals surface area contributed by atoms with Gasteiger partial charge < -0.3 is 5.32 Å². The molecule has 0 amide bonds. The fourth-order valence-corrected chi connectivity index (χ4v) is 3.26. The van der Waals surface area contributed by atoms with Gasteiger partial charge in [0.15, 0.2) is 9.84 Å². The van der Waals surface area contributed by atoms with Crippen LogP contribution in [-0.4, -0.2) is 26.1 Å². The maximum Gasteiger partial charge on any atom is 0.288 e. The van der Waals surface area contributed by atoms with E-state index in [1.165, 1.54) is 30.3 Å². The summed E-state index contributed by atoms with van der Waals surface area (Å²) in [6.45, 7) is 4.34. The van der Waals surface area contributed by atoms with Gasteiger partial charge in [-0.15, -0.1) is 0 Å². The number of sulfone groups is 1. The van der Waals surface area contributed by atoms with Crippen molar-refractivity contribution in [3.63, 3.8) is 0 Å². The van der Waals surface area contributed by atoms with Crippen LogP contribution < -0.4 is 5.32 Å². The Kier molecular flexibility index (Phi) is 5.12. The van der Waals surface area contributed by atoms with E-state index in [2.05, 4.69) is 5.32 Å². The molecule has 2 aromatic rings. The van der Waals surface area contributed by atoms with Crippen molar-refractivity contribution < 1.29 is 17.7 Å². The first-order valence-electron chi connectivity index (χ1n) is 7.49. The Labute approximate surface area is 145 Å². The third-order valence-corrected chi connectivity index (χ3v) is 5.04. The van der Waals surface area contributed by atoms with E-state index >= 15 is 0 Å². The summed E-state index contributed by atoms with van der Waals surface area (Å²) in [4.78, 5) is 9.95. The van der Waals surface area contributed by atoms with Crippen LogP contribution in [0.25, 0.3) is 0 Å². The molecule has 0 unspecified atom stereocenters. The number of hydrogen-bond acceptors (Lipinski definition) is 5. The van der Waals surface area contributed by atoms with E-state index in [1.54, 1.807) is 12.1 Å². The van der Waals surface area contributed by atoms with Gasteiger partial charge in [0.1, 0.15) is 10.7 Å². The Morgan fingerprint density at radius 1 is 1.16 bits per heavy atom. The minimum atomic E-state index is -3.74. The van der Waals surface area contributed by atoms with Crippen molar-refractivity contribution in [1.29, 1.82) is 0 Å². The second-order valence-electron chi connectivity index (χ2n) is 6.46. The average molecular weight is 366 g/mol. The van der Waals surface area contributed by atoms with Crippen molar-refractivity contribution >= 4 is 21.2 Å². The highest BCUT2D eigenvalue weighted by molar-refractivity contribution is 7.90. The number of anilines is 1. The predicted octanol–water partition coefficient (Wildman–Crippen LogP) is 3.53. The largest absolute Gasteiger partial charge is 0.384 e. The maximum atomic E-state index is 13.1. The summed E-state index contributed by atoms with van der Waals surface area (Å²) in [5.41, 5.74) is 0.555. The Morgan fingerprint density at radius 2 is 1.76 bits per heavy atom. The number of hydrogen-bond donors (Lipinski definition) is 1. The highest BCUT2D eigenvalue weighted by Gasteiger charge is 2.24. The van der Waals surface area contributed by atoms with Crippen LogP contribution >= 0.6 is 0 Å². The summed E-state index contributed by atoms with van der Waals surface area (Å²) in [6.07, 6.45) is 0.932. The maximum absolute atomic E-state index is 13.1. The summed E-state index contributed by atoms with van der Waals surface area (Å²) < 4.78 is 36.7. The zero-order valence-electron chi connectivity index (χ0n) is 14.1. The molecule has 0 fully saturated rings. The number of nitrogens with one attached hydrogen (secondary N) is 1. The Hall–Kier alpha value is -2.48.